The van der Waals surface area contributed by atoms with E-state index in [2.05, 4.69) is 4.98 Å². The van der Waals surface area contributed by atoms with E-state index in [1.54, 1.807) is 18.3 Å². The fourth-order valence-electron chi connectivity index (χ4n) is 1.28. The van der Waals surface area contributed by atoms with Gasteiger partial charge in [0, 0.05) is 7.05 Å². The van der Waals surface area contributed by atoms with E-state index in [0.29, 0.717) is 17.8 Å². The lowest BCUT2D eigenvalue weighted by molar-refractivity contribution is 0.110. The van der Waals surface area contributed by atoms with Crippen molar-refractivity contribution in [3.8, 4) is 11.5 Å². The molecule has 0 fully saturated rings. The van der Waals surface area contributed by atoms with Crippen LogP contribution in [0.3, 0.4) is 0 Å². The summed E-state index contributed by atoms with van der Waals surface area (Å²) in [5.74, 6) is 1.90. The fourth-order valence-corrected chi connectivity index (χ4v) is 1.28. The summed E-state index contributed by atoms with van der Waals surface area (Å²) in [5.41, 5.74) is 0.871. The van der Waals surface area contributed by atoms with Gasteiger partial charge < -0.3 is 8.98 Å². The van der Waals surface area contributed by atoms with Gasteiger partial charge in [0.15, 0.2) is 17.8 Å². The standard InChI is InChI=1S/C10H10N2O2/c1-7-11-5-9(12(7)2)10-4-3-8(6-13)14-10/h3-6H,1-2H3. The van der Waals surface area contributed by atoms with Crippen LogP contribution >= 0.6 is 0 Å². The number of aromatic nitrogens is 2. The lowest BCUT2D eigenvalue weighted by Gasteiger charge is -1.98. The van der Waals surface area contributed by atoms with Crippen LogP contribution in [0.15, 0.2) is 22.7 Å². The van der Waals surface area contributed by atoms with Crippen LogP contribution in [0, 0.1) is 6.92 Å². The van der Waals surface area contributed by atoms with E-state index in [1.165, 1.54) is 0 Å². The number of hydrogen-bond acceptors (Lipinski definition) is 3. The molecule has 0 bridgehead atoms. The molecule has 4 heteroatoms. The van der Waals surface area contributed by atoms with Crippen LogP contribution in [0.4, 0.5) is 0 Å². The Morgan fingerprint density at radius 1 is 1.50 bits per heavy atom. The number of furan rings is 1. The van der Waals surface area contributed by atoms with Crippen molar-refractivity contribution in [1.82, 2.24) is 9.55 Å². The van der Waals surface area contributed by atoms with Crippen LogP contribution in [0.1, 0.15) is 16.4 Å². The molecule has 2 rings (SSSR count). The molecule has 4 nitrogen and oxygen atoms in total. The smallest absolute Gasteiger partial charge is 0.185 e. The van der Waals surface area contributed by atoms with Crippen molar-refractivity contribution in [1.29, 1.82) is 0 Å². The van der Waals surface area contributed by atoms with E-state index < -0.39 is 0 Å². The summed E-state index contributed by atoms with van der Waals surface area (Å²) in [7, 11) is 1.90. The lowest BCUT2D eigenvalue weighted by atomic mass is 10.3. The van der Waals surface area contributed by atoms with Crippen LogP contribution in [-0.2, 0) is 7.05 Å². The average Bonchev–Trinajstić information content (AvgIpc) is 2.75. The Labute approximate surface area is 81.2 Å². The quantitative estimate of drug-likeness (QED) is 0.678. The maximum Gasteiger partial charge on any atom is 0.185 e. The summed E-state index contributed by atoms with van der Waals surface area (Å²) in [6, 6.07) is 3.41. The molecule has 0 aromatic carbocycles. The molecule has 0 aliphatic carbocycles. The van der Waals surface area contributed by atoms with Gasteiger partial charge in [-0.1, -0.05) is 0 Å². The van der Waals surface area contributed by atoms with Crippen molar-refractivity contribution in [2.45, 2.75) is 6.92 Å². The molecule has 0 aliphatic heterocycles. The number of carbonyl (C=O) groups is 1. The van der Waals surface area contributed by atoms with Crippen molar-refractivity contribution >= 4 is 6.29 Å². The number of aryl methyl sites for hydroxylation is 1. The Morgan fingerprint density at radius 2 is 2.29 bits per heavy atom. The Morgan fingerprint density at radius 3 is 2.79 bits per heavy atom. The predicted octanol–water partition coefficient (Wildman–Crippen LogP) is 1.80. The molecule has 72 valence electrons. The summed E-state index contributed by atoms with van der Waals surface area (Å²) in [4.78, 5) is 14.6. The number of carbonyl (C=O) groups excluding carboxylic acids is 1. The predicted molar refractivity (Wildman–Crippen MR) is 51.0 cm³/mol. The van der Waals surface area contributed by atoms with E-state index in [1.807, 2.05) is 18.5 Å². The van der Waals surface area contributed by atoms with Crippen LogP contribution in [0.2, 0.25) is 0 Å². The highest BCUT2D eigenvalue weighted by Crippen LogP contribution is 2.21. The number of nitrogens with zero attached hydrogens (tertiary/aromatic N) is 2. The third-order valence-corrected chi connectivity index (χ3v) is 2.22. The molecule has 2 heterocycles. The minimum absolute atomic E-state index is 0.332. The van der Waals surface area contributed by atoms with Gasteiger partial charge in [-0.05, 0) is 19.1 Å². The van der Waals surface area contributed by atoms with Crippen molar-refractivity contribution in [3.63, 3.8) is 0 Å². The summed E-state index contributed by atoms with van der Waals surface area (Å²) in [6.07, 6.45) is 2.41. The zero-order valence-corrected chi connectivity index (χ0v) is 8.02. The van der Waals surface area contributed by atoms with Gasteiger partial charge in [-0.15, -0.1) is 0 Å². The van der Waals surface area contributed by atoms with E-state index in [4.69, 9.17) is 4.42 Å². The molecule has 0 unspecified atom stereocenters. The molecule has 0 radical (unpaired) electrons. The Hall–Kier alpha value is -1.84. The average molecular weight is 190 g/mol. The van der Waals surface area contributed by atoms with Gasteiger partial charge in [-0.3, -0.25) is 4.79 Å². The third kappa shape index (κ3) is 1.25. The fraction of sp³-hybridized carbons (Fsp3) is 0.200. The zero-order chi connectivity index (χ0) is 10.1. The van der Waals surface area contributed by atoms with Crippen molar-refractivity contribution < 1.29 is 9.21 Å². The minimum Gasteiger partial charge on any atom is -0.452 e. The first-order valence-corrected chi connectivity index (χ1v) is 4.26. The molecule has 0 saturated heterocycles. The SMILES string of the molecule is Cc1ncc(-c2ccc(C=O)o2)n1C. The van der Waals surface area contributed by atoms with Crippen LogP contribution in [-0.4, -0.2) is 15.8 Å². The normalized spacial score (nSPS) is 10.4. The molecule has 0 N–H and O–H groups in total. The summed E-state index contributed by atoms with van der Waals surface area (Å²) in [6.45, 7) is 1.91. The number of aldehydes is 1. The Balaban J connectivity index is 2.49. The maximum absolute atomic E-state index is 10.4. The van der Waals surface area contributed by atoms with Crippen LogP contribution in [0.25, 0.3) is 11.5 Å². The molecule has 0 atom stereocenters. The molecule has 0 aliphatic rings. The second-order valence-corrected chi connectivity index (χ2v) is 3.07. The first kappa shape index (κ1) is 8.74. The summed E-state index contributed by atoms with van der Waals surface area (Å²) < 4.78 is 7.19. The first-order chi connectivity index (χ1) is 6.72. The monoisotopic (exact) mass is 190 g/mol. The highest BCUT2D eigenvalue weighted by Gasteiger charge is 2.09. The van der Waals surface area contributed by atoms with E-state index in [0.717, 1.165) is 11.5 Å². The van der Waals surface area contributed by atoms with E-state index in [9.17, 15) is 4.79 Å². The molecular weight excluding hydrogens is 180 g/mol. The maximum atomic E-state index is 10.4. The van der Waals surface area contributed by atoms with Gasteiger partial charge in [-0.2, -0.15) is 0 Å². The molecule has 2 aromatic heterocycles. The molecule has 0 amide bonds. The molecule has 0 spiro atoms. The van der Waals surface area contributed by atoms with Gasteiger partial charge >= 0.3 is 0 Å². The van der Waals surface area contributed by atoms with Crippen molar-refractivity contribution in [2.75, 3.05) is 0 Å². The Kier molecular flexibility index (Phi) is 1.96. The summed E-state index contributed by atoms with van der Waals surface area (Å²) >= 11 is 0. The molecule has 0 saturated carbocycles. The zero-order valence-electron chi connectivity index (χ0n) is 8.02. The molecule has 2 aromatic rings. The Bertz CT molecular complexity index is 468. The number of rotatable bonds is 2. The molecule has 14 heavy (non-hydrogen) atoms. The first-order valence-electron chi connectivity index (χ1n) is 4.26. The third-order valence-electron chi connectivity index (χ3n) is 2.22. The second kappa shape index (κ2) is 3.14. The van der Waals surface area contributed by atoms with Gasteiger partial charge in [0.2, 0.25) is 0 Å². The topological polar surface area (TPSA) is 48.0 Å². The highest BCUT2D eigenvalue weighted by atomic mass is 16.3. The van der Waals surface area contributed by atoms with Crippen molar-refractivity contribution in [3.05, 3.63) is 29.9 Å². The lowest BCUT2D eigenvalue weighted by Crippen LogP contribution is -1.93. The van der Waals surface area contributed by atoms with E-state index in [-0.39, 0.29) is 0 Å². The summed E-state index contributed by atoms with van der Waals surface area (Å²) in [5, 5.41) is 0. The van der Waals surface area contributed by atoms with Gasteiger partial charge in [0.05, 0.1) is 6.20 Å². The highest BCUT2D eigenvalue weighted by molar-refractivity contribution is 5.72. The molecular formula is C10H10N2O2. The van der Waals surface area contributed by atoms with Crippen LogP contribution < -0.4 is 0 Å². The van der Waals surface area contributed by atoms with Gasteiger partial charge in [-0.25, -0.2) is 4.98 Å². The largest absolute Gasteiger partial charge is 0.452 e. The van der Waals surface area contributed by atoms with Gasteiger partial charge in [0.1, 0.15) is 11.5 Å². The second-order valence-electron chi connectivity index (χ2n) is 3.07. The van der Waals surface area contributed by atoms with Crippen LogP contribution in [0.5, 0.6) is 0 Å². The minimum atomic E-state index is 0.332. The number of hydrogen-bond donors (Lipinski definition) is 0. The van der Waals surface area contributed by atoms with Crippen molar-refractivity contribution in [2.24, 2.45) is 7.05 Å². The van der Waals surface area contributed by atoms with E-state index >= 15 is 0 Å². The number of imidazole rings is 1. The van der Waals surface area contributed by atoms with Gasteiger partial charge in [0.25, 0.3) is 0 Å².